The van der Waals surface area contributed by atoms with Crippen molar-refractivity contribution >= 4 is 12.0 Å². The van der Waals surface area contributed by atoms with Crippen LogP contribution in [0.25, 0.3) is 0 Å². The molecule has 6 nitrogen and oxygen atoms in total. The van der Waals surface area contributed by atoms with Crippen molar-refractivity contribution in [2.24, 2.45) is 0 Å². The van der Waals surface area contributed by atoms with Crippen LogP contribution in [0, 0.1) is 0 Å². The Labute approximate surface area is 113 Å². The molecule has 2 heterocycles. The molecule has 1 N–H and O–H groups in total. The zero-order valence-corrected chi connectivity index (χ0v) is 10.6. The highest BCUT2D eigenvalue weighted by Gasteiger charge is 2.33. The molecule has 110 valence electrons. The molecule has 0 unspecified atom stereocenters. The largest absolute Gasteiger partial charge is 0.453 e. The van der Waals surface area contributed by atoms with E-state index in [0.717, 1.165) is 12.3 Å². The molecule has 1 aliphatic rings. The third-order valence-corrected chi connectivity index (χ3v) is 2.90. The molecule has 1 fully saturated rings. The van der Waals surface area contributed by atoms with Gasteiger partial charge in [0.1, 0.15) is 5.69 Å². The Kier molecular flexibility index (Phi) is 3.96. The van der Waals surface area contributed by atoms with Crippen LogP contribution in [0.15, 0.2) is 12.3 Å². The Morgan fingerprint density at radius 3 is 2.95 bits per heavy atom. The number of aromatic nitrogens is 2. The van der Waals surface area contributed by atoms with Crippen LogP contribution in [-0.2, 0) is 10.9 Å². The first-order valence-electron chi connectivity index (χ1n) is 5.90. The van der Waals surface area contributed by atoms with Crippen LogP contribution in [0.5, 0.6) is 0 Å². The number of hydrogen-bond acceptors (Lipinski definition) is 5. The smallest absolute Gasteiger partial charge is 0.433 e. The van der Waals surface area contributed by atoms with Crippen molar-refractivity contribution in [3.8, 4) is 0 Å². The van der Waals surface area contributed by atoms with E-state index in [2.05, 4.69) is 20.0 Å². The van der Waals surface area contributed by atoms with Crippen molar-refractivity contribution in [1.82, 2.24) is 14.9 Å². The zero-order valence-electron chi connectivity index (χ0n) is 10.6. The summed E-state index contributed by atoms with van der Waals surface area (Å²) in [6, 6.07) is 0.609. The summed E-state index contributed by atoms with van der Waals surface area (Å²) >= 11 is 0. The van der Waals surface area contributed by atoms with Crippen molar-refractivity contribution in [3.05, 3.63) is 18.0 Å². The molecule has 1 amide bonds. The van der Waals surface area contributed by atoms with E-state index in [-0.39, 0.29) is 12.0 Å². The Bertz CT molecular complexity index is 495. The molecule has 9 heteroatoms. The van der Waals surface area contributed by atoms with Crippen LogP contribution < -0.4 is 5.32 Å². The van der Waals surface area contributed by atoms with Crippen molar-refractivity contribution in [2.45, 2.75) is 18.6 Å². The summed E-state index contributed by atoms with van der Waals surface area (Å²) in [5, 5.41) is 2.79. The Hall–Kier alpha value is -2.06. The minimum absolute atomic E-state index is 0.100. The van der Waals surface area contributed by atoms with Crippen LogP contribution in [0.3, 0.4) is 0 Å². The maximum absolute atomic E-state index is 12.5. The van der Waals surface area contributed by atoms with Gasteiger partial charge in [-0.15, -0.1) is 0 Å². The van der Waals surface area contributed by atoms with E-state index in [1.54, 1.807) is 0 Å². The molecule has 1 aromatic rings. The number of nitrogens with one attached hydrogen (secondary N) is 1. The summed E-state index contributed by atoms with van der Waals surface area (Å²) in [6.45, 7) is 0.815. The lowest BCUT2D eigenvalue weighted by molar-refractivity contribution is -0.141. The highest BCUT2D eigenvalue weighted by Crippen LogP contribution is 2.27. The predicted octanol–water partition coefficient (Wildman–Crippen LogP) is 1.75. The SMILES string of the molecule is COC(=O)N1CC[C@H](Nc2nccc(C(F)(F)F)n2)C1. The van der Waals surface area contributed by atoms with E-state index < -0.39 is 18.0 Å². The van der Waals surface area contributed by atoms with Gasteiger partial charge in [-0.25, -0.2) is 14.8 Å². The second-order valence-corrected chi connectivity index (χ2v) is 4.31. The molecule has 2 rings (SSSR count). The van der Waals surface area contributed by atoms with Crippen LogP contribution in [-0.4, -0.2) is 47.2 Å². The minimum atomic E-state index is -4.51. The number of anilines is 1. The van der Waals surface area contributed by atoms with Crippen LogP contribution in [0.4, 0.5) is 23.9 Å². The molecular formula is C11H13F3N4O2. The lowest BCUT2D eigenvalue weighted by Gasteiger charge is -2.15. The lowest BCUT2D eigenvalue weighted by atomic mass is 10.3. The van der Waals surface area contributed by atoms with Gasteiger partial charge in [-0.2, -0.15) is 13.2 Å². The third kappa shape index (κ3) is 3.28. The molecule has 0 radical (unpaired) electrons. The van der Waals surface area contributed by atoms with Crippen molar-refractivity contribution in [3.63, 3.8) is 0 Å². The van der Waals surface area contributed by atoms with Gasteiger partial charge in [-0.05, 0) is 12.5 Å². The van der Waals surface area contributed by atoms with Gasteiger partial charge in [0.2, 0.25) is 5.95 Å². The van der Waals surface area contributed by atoms with E-state index in [9.17, 15) is 18.0 Å². The number of hydrogen-bond donors (Lipinski definition) is 1. The van der Waals surface area contributed by atoms with E-state index in [1.165, 1.54) is 12.0 Å². The average molecular weight is 290 g/mol. The number of rotatable bonds is 2. The van der Waals surface area contributed by atoms with Crippen molar-refractivity contribution in [2.75, 3.05) is 25.5 Å². The fourth-order valence-corrected chi connectivity index (χ4v) is 1.94. The summed E-state index contributed by atoms with van der Waals surface area (Å²) in [5.41, 5.74) is -1.00. The Morgan fingerprint density at radius 1 is 1.55 bits per heavy atom. The van der Waals surface area contributed by atoms with E-state index >= 15 is 0 Å². The maximum Gasteiger partial charge on any atom is 0.433 e. The quantitative estimate of drug-likeness (QED) is 0.898. The van der Waals surface area contributed by atoms with Crippen LogP contribution >= 0.6 is 0 Å². The average Bonchev–Trinajstić information content (AvgIpc) is 2.85. The van der Waals surface area contributed by atoms with E-state index in [4.69, 9.17) is 0 Å². The highest BCUT2D eigenvalue weighted by atomic mass is 19.4. The van der Waals surface area contributed by atoms with Gasteiger partial charge in [-0.1, -0.05) is 0 Å². The van der Waals surface area contributed by atoms with Gasteiger partial charge in [0.15, 0.2) is 0 Å². The second-order valence-electron chi connectivity index (χ2n) is 4.31. The van der Waals surface area contributed by atoms with Crippen molar-refractivity contribution in [1.29, 1.82) is 0 Å². The zero-order chi connectivity index (χ0) is 14.8. The van der Waals surface area contributed by atoms with Gasteiger partial charge in [0, 0.05) is 25.3 Å². The maximum atomic E-state index is 12.5. The molecule has 1 aromatic heterocycles. The van der Waals surface area contributed by atoms with Gasteiger partial charge < -0.3 is 15.0 Å². The number of methoxy groups -OCH3 is 1. The molecule has 0 saturated carbocycles. The van der Waals surface area contributed by atoms with E-state index in [1.807, 2.05) is 0 Å². The number of amides is 1. The molecule has 0 bridgehead atoms. The number of likely N-dealkylation sites (tertiary alicyclic amines) is 1. The summed E-state index contributed by atoms with van der Waals surface area (Å²) in [4.78, 5) is 19.9. The van der Waals surface area contributed by atoms with Gasteiger partial charge in [0.25, 0.3) is 0 Å². The van der Waals surface area contributed by atoms with Gasteiger partial charge in [-0.3, -0.25) is 0 Å². The number of nitrogens with zero attached hydrogens (tertiary/aromatic N) is 3. The third-order valence-electron chi connectivity index (χ3n) is 2.90. The van der Waals surface area contributed by atoms with Crippen molar-refractivity contribution < 1.29 is 22.7 Å². The van der Waals surface area contributed by atoms with Gasteiger partial charge in [0.05, 0.1) is 7.11 Å². The number of alkyl halides is 3. The second kappa shape index (κ2) is 5.51. The fourth-order valence-electron chi connectivity index (χ4n) is 1.94. The molecule has 1 saturated heterocycles. The van der Waals surface area contributed by atoms with Crippen LogP contribution in [0.2, 0.25) is 0 Å². The number of carbonyl (C=O) groups excluding carboxylic acids is 1. The first-order valence-corrected chi connectivity index (χ1v) is 5.90. The molecule has 20 heavy (non-hydrogen) atoms. The van der Waals surface area contributed by atoms with Crippen LogP contribution in [0.1, 0.15) is 12.1 Å². The summed E-state index contributed by atoms with van der Waals surface area (Å²) in [7, 11) is 1.28. The molecular weight excluding hydrogens is 277 g/mol. The van der Waals surface area contributed by atoms with Gasteiger partial charge >= 0.3 is 12.3 Å². The summed E-state index contributed by atoms with van der Waals surface area (Å²) in [6.07, 6.45) is -3.33. The lowest BCUT2D eigenvalue weighted by Crippen LogP contribution is -2.31. The predicted molar refractivity (Wildman–Crippen MR) is 63.0 cm³/mol. The fraction of sp³-hybridized carbons (Fsp3) is 0.545. The first-order chi connectivity index (χ1) is 9.40. The topological polar surface area (TPSA) is 67.3 Å². The normalized spacial score (nSPS) is 19.0. The molecule has 0 aliphatic carbocycles. The Morgan fingerprint density at radius 2 is 2.30 bits per heavy atom. The minimum Gasteiger partial charge on any atom is -0.453 e. The molecule has 1 aliphatic heterocycles. The molecule has 0 aromatic carbocycles. The summed E-state index contributed by atoms with van der Waals surface area (Å²) < 4.78 is 42.1. The molecule has 0 spiro atoms. The number of ether oxygens (including phenoxy) is 1. The Balaban J connectivity index is 2.00. The number of carbonyl (C=O) groups is 1. The summed E-state index contributed by atoms with van der Waals surface area (Å²) in [5.74, 6) is -0.100. The standard InChI is InChI=1S/C11H13F3N4O2/c1-20-10(19)18-5-3-7(6-18)16-9-15-4-2-8(17-9)11(12,13)14/h2,4,7H,3,5-6H2,1H3,(H,15,16,17)/t7-/m0/s1. The number of halogens is 3. The monoisotopic (exact) mass is 290 g/mol. The first kappa shape index (κ1) is 14.4. The van der Waals surface area contributed by atoms with E-state index in [0.29, 0.717) is 19.5 Å². The highest BCUT2D eigenvalue weighted by molar-refractivity contribution is 5.67. The molecule has 1 atom stereocenters.